The van der Waals surface area contributed by atoms with Gasteiger partial charge in [-0.15, -0.1) is 0 Å². The molecule has 2 heterocycles. The zero-order valence-electron chi connectivity index (χ0n) is 9.67. The lowest BCUT2D eigenvalue weighted by Crippen LogP contribution is -2.18. The van der Waals surface area contributed by atoms with E-state index in [1.807, 2.05) is 28.8 Å². The summed E-state index contributed by atoms with van der Waals surface area (Å²) in [6.07, 6.45) is 2.34. The van der Waals surface area contributed by atoms with E-state index < -0.39 is 0 Å². The maximum atomic E-state index is 5.55. The van der Waals surface area contributed by atoms with Gasteiger partial charge in [0.1, 0.15) is 0 Å². The van der Waals surface area contributed by atoms with Crippen molar-refractivity contribution in [2.75, 3.05) is 0 Å². The average molecular weight is 342 g/mol. The number of hydrogen-bond donors (Lipinski definition) is 0. The first-order chi connectivity index (χ1) is 8.68. The van der Waals surface area contributed by atoms with Gasteiger partial charge >= 0.3 is 0 Å². The molecule has 0 amide bonds. The second-order valence-corrected chi connectivity index (χ2v) is 5.98. The lowest BCUT2D eigenvalue weighted by atomic mass is 10.3. The molecule has 0 saturated heterocycles. The Hall–Kier alpha value is -0.720. The van der Waals surface area contributed by atoms with Crippen LogP contribution in [0.1, 0.15) is 12.8 Å². The number of halogens is 1. The molecule has 94 valence electrons. The Morgan fingerprint density at radius 3 is 2.17 bits per heavy atom. The normalized spacial score (nSPS) is 14.5. The molecule has 0 N–H and O–H groups in total. The molecule has 0 spiro atoms. The molecule has 0 unspecified atom stereocenters. The van der Waals surface area contributed by atoms with E-state index in [1.54, 1.807) is 0 Å². The third kappa shape index (κ3) is 1.92. The van der Waals surface area contributed by atoms with Crippen LogP contribution >= 0.6 is 40.4 Å². The summed E-state index contributed by atoms with van der Waals surface area (Å²) in [7, 11) is 0. The van der Waals surface area contributed by atoms with Crippen LogP contribution in [0.25, 0.3) is 5.69 Å². The van der Waals surface area contributed by atoms with Crippen LogP contribution in [-0.2, 0) is 13.1 Å². The van der Waals surface area contributed by atoms with Crippen molar-refractivity contribution >= 4 is 40.4 Å². The van der Waals surface area contributed by atoms with Crippen LogP contribution in [0, 0.1) is 9.54 Å². The van der Waals surface area contributed by atoms with E-state index in [-0.39, 0.29) is 0 Å². The lowest BCUT2D eigenvalue weighted by molar-refractivity contribution is 0.357. The molecule has 0 radical (unpaired) electrons. The maximum absolute atomic E-state index is 5.55. The van der Waals surface area contributed by atoms with Crippen molar-refractivity contribution in [1.82, 2.24) is 13.9 Å². The van der Waals surface area contributed by atoms with Crippen LogP contribution in [0.15, 0.2) is 28.7 Å². The van der Waals surface area contributed by atoms with Gasteiger partial charge in [-0.1, -0.05) is 22.0 Å². The highest BCUT2D eigenvalue weighted by Gasteiger charge is 2.14. The van der Waals surface area contributed by atoms with E-state index in [1.165, 1.54) is 12.8 Å². The van der Waals surface area contributed by atoms with Gasteiger partial charge < -0.3 is 0 Å². The zero-order valence-corrected chi connectivity index (χ0v) is 12.9. The van der Waals surface area contributed by atoms with Gasteiger partial charge in [-0.25, -0.2) is 0 Å². The molecule has 1 aromatic carbocycles. The van der Waals surface area contributed by atoms with Crippen molar-refractivity contribution in [3.63, 3.8) is 0 Å². The summed E-state index contributed by atoms with van der Waals surface area (Å²) in [5, 5.41) is 0. The molecule has 1 aromatic heterocycles. The number of nitrogens with zero attached hydrogens (tertiary/aromatic N) is 3. The van der Waals surface area contributed by atoms with Gasteiger partial charge in [0.25, 0.3) is 0 Å². The Balaban J connectivity index is 2.28. The largest absolute Gasteiger partial charge is 0.261 e. The molecule has 1 aliphatic rings. The predicted octanol–water partition coefficient (Wildman–Crippen LogP) is 4.10. The fourth-order valence-corrected chi connectivity index (χ4v) is 3.52. The average Bonchev–Trinajstić information content (AvgIpc) is 2.63. The van der Waals surface area contributed by atoms with Crippen LogP contribution in [0.4, 0.5) is 0 Å². The van der Waals surface area contributed by atoms with Crippen molar-refractivity contribution in [2.45, 2.75) is 25.9 Å². The number of hydrogen-bond acceptors (Lipinski definition) is 2. The van der Waals surface area contributed by atoms with E-state index in [0.29, 0.717) is 0 Å². The molecule has 0 aliphatic carbocycles. The van der Waals surface area contributed by atoms with Gasteiger partial charge in [0.05, 0.1) is 5.69 Å². The van der Waals surface area contributed by atoms with Gasteiger partial charge in [0.15, 0.2) is 0 Å². The lowest BCUT2D eigenvalue weighted by Gasteiger charge is -2.15. The van der Waals surface area contributed by atoms with E-state index in [0.717, 1.165) is 32.8 Å². The molecule has 3 nitrogen and oxygen atoms in total. The number of aromatic nitrogens is 3. The first-order valence-electron chi connectivity index (χ1n) is 5.87. The SMILES string of the molecule is S=c1n(-c2cccc(Br)c2)c(=S)n2n1CCCC2. The summed E-state index contributed by atoms with van der Waals surface area (Å²) in [6.45, 7) is 1.92. The Labute approximate surface area is 124 Å². The van der Waals surface area contributed by atoms with Crippen molar-refractivity contribution < 1.29 is 0 Å². The van der Waals surface area contributed by atoms with Gasteiger partial charge in [0, 0.05) is 17.6 Å². The predicted molar refractivity (Wildman–Crippen MR) is 80.4 cm³/mol. The van der Waals surface area contributed by atoms with E-state index in [9.17, 15) is 0 Å². The Kier molecular flexibility index (Phi) is 3.25. The molecule has 0 saturated carbocycles. The van der Waals surface area contributed by atoms with E-state index >= 15 is 0 Å². The highest BCUT2D eigenvalue weighted by molar-refractivity contribution is 9.10. The van der Waals surface area contributed by atoms with Crippen LogP contribution in [0.5, 0.6) is 0 Å². The van der Waals surface area contributed by atoms with Gasteiger partial charge in [-0.3, -0.25) is 13.9 Å². The third-order valence-electron chi connectivity index (χ3n) is 3.17. The first kappa shape index (κ1) is 12.3. The minimum atomic E-state index is 0.790. The fourth-order valence-electron chi connectivity index (χ4n) is 2.31. The molecule has 1 aliphatic heterocycles. The monoisotopic (exact) mass is 341 g/mol. The standard InChI is InChI=1S/C12H12BrN3S2/c13-9-4-3-5-10(8-9)16-11(17)14-6-1-2-7-15(14)12(16)18/h3-5,8H,1-2,6-7H2. The van der Waals surface area contributed by atoms with Gasteiger partial charge in [-0.05, 0) is 55.5 Å². The fraction of sp³-hybridized carbons (Fsp3) is 0.333. The molecule has 2 aromatic rings. The summed E-state index contributed by atoms with van der Waals surface area (Å²) in [5.74, 6) is 0. The van der Waals surface area contributed by atoms with Crippen LogP contribution in [-0.4, -0.2) is 13.9 Å². The molecule has 0 atom stereocenters. The van der Waals surface area contributed by atoms with Gasteiger partial charge in [0.2, 0.25) is 9.54 Å². The number of benzene rings is 1. The molecule has 0 bridgehead atoms. The van der Waals surface area contributed by atoms with Crippen molar-refractivity contribution in [3.05, 3.63) is 38.3 Å². The minimum Gasteiger partial charge on any atom is -0.261 e. The Morgan fingerprint density at radius 2 is 1.61 bits per heavy atom. The summed E-state index contributed by atoms with van der Waals surface area (Å²) in [5.41, 5.74) is 1.02. The van der Waals surface area contributed by atoms with Crippen LogP contribution < -0.4 is 0 Å². The molecule has 0 fully saturated rings. The van der Waals surface area contributed by atoms with Crippen LogP contribution in [0.2, 0.25) is 0 Å². The van der Waals surface area contributed by atoms with Gasteiger partial charge in [-0.2, -0.15) is 0 Å². The summed E-state index contributed by atoms with van der Waals surface area (Å²) >= 11 is 14.6. The molecular formula is C12H12BrN3S2. The van der Waals surface area contributed by atoms with Crippen LogP contribution in [0.3, 0.4) is 0 Å². The topological polar surface area (TPSA) is 14.8 Å². The Bertz CT molecular complexity index is 673. The third-order valence-corrected chi connectivity index (χ3v) is 4.45. The molecule has 18 heavy (non-hydrogen) atoms. The second-order valence-electron chi connectivity index (χ2n) is 4.33. The minimum absolute atomic E-state index is 0.790. The summed E-state index contributed by atoms with van der Waals surface area (Å²) in [6, 6.07) is 8.07. The maximum Gasteiger partial charge on any atom is 0.201 e. The Morgan fingerprint density at radius 1 is 1.00 bits per heavy atom. The molecule has 6 heteroatoms. The smallest absolute Gasteiger partial charge is 0.201 e. The molecular weight excluding hydrogens is 330 g/mol. The van der Waals surface area contributed by atoms with E-state index in [2.05, 4.69) is 25.3 Å². The number of rotatable bonds is 1. The summed E-state index contributed by atoms with van der Waals surface area (Å²) < 4.78 is 8.81. The zero-order chi connectivity index (χ0) is 12.7. The van der Waals surface area contributed by atoms with Crippen molar-refractivity contribution in [2.24, 2.45) is 0 Å². The highest BCUT2D eigenvalue weighted by Crippen LogP contribution is 2.19. The molecule has 3 rings (SSSR count). The quantitative estimate of drug-likeness (QED) is 0.725. The first-order valence-corrected chi connectivity index (χ1v) is 7.48. The van der Waals surface area contributed by atoms with E-state index in [4.69, 9.17) is 24.4 Å². The second kappa shape index (κ2) is 4.75. The summed E-state index contributed by atoms with van der Waals surface area (Å²) in [4.78, 5) is 0. The number of fused-ring (bicyclic) bond motifs is 1. The van der Waals surface area contributed by atoms with Crippen molar-refractivity contribution in [3.8, 4) is 5.69 Å². The van der Waals surface area contributed by atoms with Crippen molar-refractivity contribution in [1.29, 1.82) is 0 Å². The highest BCUT2D eigenvalue weighted by atomic mass is 79.9.